The van der Waals surface area contributed by atoms with Gasteiger partial charge in [0.25, 0.3) is 5.56 Å². The zero-order chi connectivity index (χ0) is 24.2. The average Bonchev–Trinajstić information content (AvgIpc) is 2.83. The molecule has 0 spiro atoms. The summed E-state index contributed by atoms with van der Waals surface area (Å²) in [7, 11) is 1.65. The molecule has 0 radical (unpaired) electrons. The van der Waals surface area contributed by atoms with Crippen LogP contribution in [0.2, 0.25) is 0 Å². The maximum atomic E-state index is 12.8. The second-order valence-corrected chi connectivity index (χ2v) is 9.36. The van der Waals surface area contributed by atoms with Crippen LogP contribution in [0, 0.1) is 13.8 Å². The van der Waals surface area contributed by atoms with Crippen LogP contribution in [0.4, 0.5) is 0 Å². The van der Waals surface area contributed by atoms with Gasteiger partial charge >= 0.3 is 5.97 Å². The zero-order valence-electron chi connectivity index (χ0n) is 19.2. The van der Waals surface area contributed by atoms with Crippen molar-refractivity contribution in [2.24, 2.45) is 0 Å². The van der Waals surface area contributed by atoms with E-state index in [1.165, 1.54) is 16.4 Å². The number of hydrogen-bond acceptors (Lipinski definition) is 6. The van der Waals surface area contributed by atoms with Crippen molar-refractivity contribution >= 4 is 28.6 Å². The molecule has 8 heteroatoms. The van der Waals surface area contributed by atoms with Gasteiger partial charge in [0.2, 0.25) is 0 Å². The Labute approximate surface area is 201 Å². The lowest BCUT2D eigenvalue weighted by atomic mass is 10.0. The molecule has 1 unspecified atom stereocenters. The average molecular weight is 476 g/mol. The number of rotatable bonds is 8. The number of carbonyl (C=O) groups is 1. The van der Waals surface area contributed by atoms with E-state index >= 15 is 0 Å². The molecule has 3 aromatic carbocycles. The van der Waals surface area contributed by atoms with Gasteiger partial charge < -0.3 is 9.84 Å². The third kappa shape index (κ3) is 5.12. The molecule has 1 atom stereocenters. The highest BCUT2D eigenvalue weighted by Gasteiger charge is 2.20. The molecule has 7 nitrogen and oxygen atoms in total. The summed E-state index contributed by atoms with van der Waals surface area (Å²) >= 11 is 1.26. The van der Waals surface area contributed by atoms with E-state index in [1.807, 2.05) is 56.3 Å². The monoisotopic (exact) mass is 475 g/mol. The van der Waals surface area contributed by atoms with Gasteiger partial charge in [0.15, 0.2) is 0 Å². The summed E-state index contributed by atoms with van der Waals surface area (Å²) < 4.78 is 6.56. The van der Waals surface area contributed by atoms with Gasteiger partial charge in [-0.2, -0.15) is 0 Å². The Morgan fingerprint density at radius 1 is 1.06 bits per heavy atom. The van der Waals surface area contributed by atoms with Crippen molar-refractivity contribution in [3.63, 3.8) is 0 Å². The van der Waals surface area contributed by atoms with Crippen LogP contribution < -0.4 is 10.3 Å². The number of aliphatic carboxylic acids is 1. The summed E-state index contributed by atoms with van der Waals surface area (Å²) in [5.41, 5.74) is 4.37. The molecule has 0 aliphatic carbocycles. The molecule has 1 N–H and O–H groups in total. The van der Waals surface area contributed by atoms with E-state index in [2.05, 4.69) is 16.4 Å². The largest absolute Gasteiger partial charge is 0.496 e. The smallest absolute Gasteiger partial charge is 0.317 e. The zero-order valence-corrected chi connectivity index (χ0v) is 20.0. The van der Waals surface area contributed by atoms with Crippen molar-refractivity contribution in [2.75, 3.05) is 7.11 Å². The van der Waals surface area contributed by atoms with Crippen LogP contribution in [-0.2, 0) is 11.3 Å². The van der Waals surface area contributed by atoms with E-state index in [9.17, 15) is 14.7 Å². The minimum absolute atomic E-state index is 0.170. The van der Waals surface area contributed by atoms with Crippen LogP contribution in [0.5, 0.6) is 5.75 Å². The first kappa shape index (κ1) is 23.5. The lowest BCUT2D eigenvalue weighted by molar-refractivity contribution is -0.136. The van der Waals surface area contributed by atoms with E-state index in [-0.39, 0.29) is 18.5 Å². The molecule has 0 bridgehead atoms. The van der Waals surface area contributed by atoms with E-state index in [0.717, 1.165) is 32.9 Å². The molecule has 0 fully saturated rings. The van der Waals surface area contributed by atoms with Crippen LogP contribution in [0.15, 0.2) is 70.4 Å². The third-order valence-corrected chi connectivity index (χ3v) is 6.88. The standard InChI is InChI=1S/C26H25N3O4S/c1-16-4-10-22-21(14-16)25(30)29(28-27-22)13-12-24(26(31)32)34-20-8-5-18(6-9-20)19-7-11-23(33-3)17(2)15-19/h4-11,14-15,24H,12-13H2,1-3H3,(H,31,32). The summed E-state index contributed by atoms with van der Waals surface area (Å²) in [5.74, 6) is -0.0944. The number of thioether (sulfide) groups is 1. The number of carboxylic acids is 1. The van der Waals surface area contributed by atoms with Crippen molar-refractivity contribution in [1.29, 1.82) is 0 Å². The van der Waals surface area contributed by atoms with Crippen LogP contribution in [0.25, 0.3) is 22.0 Å². The Balaban J connectivity index is 1.47. The molecule has 0 saturated carbocycles. The van der Waals surface area contributed by atoms with Crippen LogP contribution >= 0.6 is 11.8 Å². The highest BCUT2D eigenvalue weighted by atomic mass is 32.2. The molecule has 174 valence electrons. The minimum atomic E-state index is -0.933. The van der Waals surface area contributed by atoms with E-state index < -0.39 is 11.2 Å². The highest BCUT2D eigenvalue weighted by molar-refractivity contribution is 8.00. The number of aromatic nitrogens is 3. The van der Waals surface area contributed by atoms with Crippen molar-refractivity contribution in [3.8, 4) is 16.9 Å². The second kappa shape index (κ2) is 10.1. The molecule has 0 amide bonds. The SMILES string of the molecule is COc1ccc(-c2ccc(SC(CCn3nnc4ccc(C)cc4c3=O)C(=O)O)cc2)cc1C. The van der Waals surface area contributed by atoms with E-state index in [4.69, 9.17) is 4.74 Å². The number of aryl methyl sites for hydroxylation is 3. The van der Waals surface area contributed by atoms with Gasteiger partial charge in [-0.15, -0.1) is 16.9 Å². The van der Waals surface area contributed by atoms with Crippen molar-refractivity contribution in [3.05, 3.63) is 82.1 Å². The summed E-state index contributed by atoms with van der Waals surface area (Å²) in [4.78, 5) is 25.5. The summed E-state index contributed by atoms with van der Waals surface area (Å²) in [5, 5.41) is 17.6. The molecule has 4 aromatic rings. The first-order chi connectivity index (χ1) is 16.4. The molecular weight excluding hydrogens is 450 g/mol. The summed E-state index contributed by atoms with van der Waals surface area (Å²) in [6, 6.07) is 19.2. The number of methoxy groups -OCH3 is 1. The fourth-order valence-corrected chi connectivity index (χ4v) is 4.70. The van der Waals surface area contributed by atoms with E-state index in [0.29, 0.717) is 10.9 Å². The number of hydrogen-bond donors (Lipinski definition) is 1. The minimum Gasteiger partial charge on any atom is -0.496 e. The second-order valence-electron chi connectivity index (χ2n) is 8.08. The topological polar surface area (TPSA) is 94.3 Å². The van der Waals surface area contributed by atoms with Crippen molar-refractivity contribution in [2.45, 2.75) is 37.0 Å². The number of fused-ring (bicyclic) bond motifs is 1. The van der Waals surface area contributed by atoms with Gasteiger partial charge in [-0.1, -0.05) is 35.0 Å². The van der Waals surface area contributed by atoms with Crippen molar-refractivity contribution in [1.82, 2.24) is 15.0 Å². The summed E-state index contributed by atoms with van der Waals surface area (Å²) in [6.07, 6.45) is 0.241. The predicted molar refractivity (Wildman–Crippen MR) is 134 cm³/mol. The van der Waals surface area contributed by atoms with E-state index in [1.54, 1.807) is 19.2 Å². The van der Waals surface area contributed by atoms with Gasteiger partial charge in [-0.25, -0.2) is 4.68 Å². The highest BCUT2D eigenvalue weighted by Crippen LogP contribution is 2.30. The number of nitrogens with zero attached hydrogens (tertiary/aromatic N) is 3. The normalized spacial score (nSPS) is 12.0. The fraction of sp³-hybridized carbons (Fsp3) is 0.231. The lowest BCUT2D eigenvalue weighted by Gasteiger charge is -2.13. The quantitative estimate of drug-likeness (QED) is 0.369. The number of benzene rings is 3. The molecule has 0 aliphatic rings. The molecule has 4 rings (SSSR count). The van der Waals surface area contributed by atoms with Gasteiger partial charge in [0.1, 0.15) is 16.5 Å². The molecule has 1 heterocycles. The Morgan fingerprint density at radius 3 is 2.47 bits per heavy atom. The predicted octanol–water partition coefficient (Wildman–Crippen LogP) is 4.72. The number of carboxylic acid groups (broad SMARTS) is 1. The Morgan fingerprint density at radius 2 is 1.79 bits per heavy atom. The van der Waals surface area contributed by atoms with Gasteiger partial charge in [-0.05, 0) is 73.4 Å². The van der Waals surface area contributed by atoms with Crippen LogP contribution in [0.1, 0.15) is 17.5 Å². The van der Waals surface area contributed by atoms with Crippen molar-refractivity contribution < 1.29 is 14.6 Å². The molecule has 1 aromatic heterocycles. The van der Waals surface area contributed by atoms with Gasteiger partial charge in [0.05, 0.1) is 12.5 Å². The molecule has 0 aliphatic heterocycles. The van der Waals surface area contributed by atoms with Crippen LogP contribution in [-0.4, -0.2) is 38.4 Å². The van der Waals surface area contributed by atoms with Gasteiger partial charge in [0, 0.05) is 11.4 Å². The number of ether oxygens (including phenoxy) is 1. The fourth-order valence-electron chi connectivity index (χ4n) is 3.76. The first-order valence-electron chi connectivity index (χ1n) is 10.8. The lowest BCUT2D eigenvalue weighted by Crippen LogP contribution is -2.27. The Hall–Kier alpha value is -3.65. The molecular formula is C26H25N3O4S. The third-order valence-electron chi connectivity index (χ3n) is 5.62. The molecule has 34 heavy (non-hydrogen) atoms. The first-order valence-corrected chi connectivity index (χ1v) is 11.7. The Kier molecular flexibility index (Phi) is 6.98. The maximum Gasteiger partial charge on any atom is 0.317 e. The molecule has 0 saturated heterocycles. The van der Waals surface area contributed by atoms with Crippen LogP contribution in [0.3, 0.4) is 0 Å². The maximum absolute atomic E-state index is 12.8. The summed E-state index contributed by atoms with van der Waals surface area (Å²) in [6.45, 7) is 4.07. The van der Waals surface area contributed by atoms with Gasteiger partial charge in [-0.3, -0.25) is 9.59 Å². The Bertz CT molecular complexity index is 1400.